The van der Waals surface area contributed by atoms with E-state index >= 15 is 0 Å². The van der Waals surface area contributed by atoms with Crippen molar-refractivity contribution >= 4 is 5.91 Å². The molecule has 0 aliphatic rings. The summed E-state index contributed by atoms with van der Waals surface area (Å²) in [6.07, 6.45) is 15.1. The fraction of sp³-hybridized carbons (Fsp3) is 0.696. The number of quaternary nitrogens is 1. The summed E-state index contributed by atoms with van der Waals surface area (Å²) in [6, 6.07) is 10.3. The second-order valence-corrected chi connectivity index (χ2v) is 8.15. The molecule has 0 aliphatic carbocycles. The number of nitrogens with one attached hydrogen (secondary N) is 1. The maximum Gasteiger partial charge on any atom is 0.264 e. The number of amides is 1. The lowest BCUT2D eigenvalue weighted by Gasteiger charge is -2.29. The van der Waals surface area contributed by atoms with Crippen molar-refractivity contribution in [2.75, 3.05) is 14.1 Å². The Balaban J connectivity index is 2.01. The van der Waals surface area contributed by atoms with Gasteiger partial charge in [0.15, 0.2) is 0 Å². The molecule has 1 aromatic carbocycles. The molecule has 0 atom stereocenters. The van der Waals surface area contributed by atoms with Gasteiger partial charge in [-0.1, -0.05) is 101 Å². The molecule has 0 fully saturated rings. The Bertz CT molecular complexity index is 470. The van der Waals surface area contributed by atoms with Crippen LogP contribution in [0.2, 0.25) is 0 Å². The van der Waals surface area contributed by atoms with E-state index in [1.807, 2.05) is 32.3 Å². The highest BCUT2D eigenvalue weighted by atomic mass is 16.2. The minimum Gasteiger partial charge on any atom is -0.270 e. The number of hydrogen-bond acceptors (Lipinski definition) is 1. The Morgan fingerprint density at radius 3 is 1.85 bits per heavy atom. The molecule has 1 aromatic rings. The molecule has 148 valence electrons. The lowest BCUT2D eigenvalue weighted by molar-refractivity contribution is -0.938. The lowest BCUT2D eigenvalue weighted by atomic mass is 10.1. The molecule has 26 heavy (non-hydrogen) atoms. The van der Waals surface area contributed by atoms with Gasteiger partial charge in [0.05, 0.1) is 14.1 Å². The summed E-state index contributed by atoms with van der Waals surface area (Å²) in [7, 11) is 4.09. The molecule has 1 N–H and O–H groups in total. The first-order valence-electron chi connectivity index (χ1n) is 10.7. The molecule has 0 saturated heterocycles. The lowest BCUT2D eigenvalue weighted by Crippen LogP contribution is -2.53. The van der Waals surface area contributed by atoms with E-state index in [0.29, 0.717) is 11.0 Å². The predicted octanol–water partition coefficient (Wildman–Crippen LogP) is 6.00. The third-order valence-electron chi connectivity index (χ3n) is 4.86. The van der Waals surface area contributed by atoms with Crippen LogP contribution >= 0.6 is 0 Å². The smallest absolute Gasteiger partial charge is 0.264 e. The third kappa shape index (κ3) is 12.1. The summed E-state index contributed by atoms with van der Waals surface area (Å²) in [5.74, 6) is 0.168. The number of carbonyl (C=O) groups is 1. The Kier molecular flexibility index (Phi) is 12.0. The second kappa shape index (κ2) is 13.8. The minimum absolute atomic E-state index is 0.168. The standard InChI is InChI=1S/C23H40N2O/c1-4-5-6-7-8-9-10-11-12-13-17-20-23(26)24-25(2,3)21-22-18-15-14-16-19-22/h14-16,18-19H,4-13,17,20-21H2,1-3H3/p+1. The maximum absolute atomic E-state index is 12.2. The van der Waals surface area contributed by atoms with E-state index < -0.39 is 0 Å². The SMILES string of the molecule is CCCCCCCCCCCCCC(=O)N[N+](C)(C)Cc1ccccc1. The van der Waals surface area contributed by atoms with Gasteiger partial charge in [-0.3, -0.25) is 4.79 Å². The summed E-state index contributed by atoms with van der Waals surface area (Å²) in [4.78, 5) is 12.2. The van der Waals surface area contributed by atoms with Crippen molar-refractivity contribution in [1.29, 1.82) is 0 Å². The van der Waals surface area contributed by atoms with E-state index in [2.05, 4.69) is 24.5 Å². The number of rotatable bonds is 15. The third-order valence-corrected chi connectivity index (χ3v) is 4.86. The fourth-order valence-electron chi connectivity index (χ4n) is 3.42. The van der Waals surface area contributed by atoms with Crippen molar-refractivity contribution in [3.63, 3.8) is 0 Å². The largest absolute Gasteiger partial charge is 0.270 e. The highest BCUT2D eigenvalue weighted by Gasteiger charge is 2.19. The normalized spacial score (nSPS) is 11.5. The molecule has 0 heterocycles. The molecule has 0 spiro atoms. The van der Waals surface area contributed by atoms with Gasteiger partial charge in [-0.15, -0.1) is 0 Å². The zero-order valence-corrected chi connectivity index (χ0v) is 17.4. The van der Waals surface area contributed by atoms with Gasteiger partial charge in [-0.2, -0.15) is 0 Å². The second-order valence-electron chi connectivity index (χ2n) is 8.15. The van der Waals surface area contributed by atoms with Crippen molar-refractivity contribution in [2.24, 2.45) is 0 Å². The van der Waals surface area contributed by atoms with Crippen molar-refractivity contribution < 1.29 is 9.39 Å². The van der Waals surface area contributed by atoms with Gasteiger partial charge in [-0.05, 0) is 6.42 Å². The predicted molar refractivity (Wildman–Crippen MR) is 111 cm³/mol. The minimum atomic E-state index is 0.168. The summed E-state index contributed by atoms with van der Waals surface area (Å²) in [5.41, 5.74) is 4.38. The van der Waals surface area contributed by atoms with Crippen LogP contribution in [0, 0.1) is 0 Å². The Morgan fingerprint density at radius 2 is 1.31 bits per heavy atom. The Hall–Kier alpha value is -1.35. The summed E-state index contributed by atoms with van der Waals surface area (Å²) in [6.45, 7) is 3.08. The number of unbranched alkanes of at least 4 members (excludes halogenated alkanes) is 10. The zero-order chi connectivity index (χ0) is 19.1. The van der Waals surface area contributed by atoms with Crippen LogP contribution in [0.4, 0.5) is 0 Å². The first-order chi connectivity index (χ1) is 12.5. The van der Waals surface area contributed by atoms with Gasteiger partial charge in [0.25, 0.3) is 5.91 Å². The van der Waals surface area contributed by atoms with Crippen LogP contribution in [0.25, 0.3) is 0 Å². The van der Waals surface area contributed by atoms with Crippen LogP contribution in [-0.4, -0.2) is 24.6 Å². The summed E-state index contributed by atoms with van der Waals surface area (Å²) < 4.78 is 0.501. The van der Waals surface area contributed by atoms with E-state index in [0.717, 1.165) is 13.0 Å². The van der Waals surface area contributed by atoms with E-state index in [4.69, 9.17) is 0 Å². The molecule has 3 heteroatoms. The van der Waals surface area contributed by atoms with Crippen molar-refractivity contribution in [3.8, 4) is 0 Å². The highest BCUT2D eigenvalue weighted by molar-refractivity contribution is 5.74. The van der Waals surface area contributed by atoms with Crippen molar-refractivity contribution in [2.45, 2.75) is 90.5 Å². The number of hydrogen-bond donors (Lipinski definition) is 1. The summed E-state index contributed by atoms with van der Waals surface area (Å²) in [5, 5.41) is 0. The fourth-order valence-corrected chi connectivity index (χ4v) is 3.42. The molecule has 0 aliphatic heterocycles. The quantitative estimate of drug-likeness (QED) is 0.232. The van der Waals surface area contributed by atoms with Crippen LogP contribution in [0.1, 0.15) is 89.5 Å². The van der Waals surface area contributed by atoms with Crippen LogP contribution in [0.5, 0.6) is 0 Å². The van der Waals surface area contributed by atoms with Gasteiger partial charge in [0, 0.05) is 12.0 Å². The first kappa shape index (κ1) is 22.7. The molecule has 1 rings (SSSR count). The molecule has 1 amide bonds. The van der Waals surface area contributed by atoms with Crippen LogP contribution in [0.15, 0.2) is 30.3 Å². The Labute approximate surface area is 161 Å². The van der Waals surface area contributed by atoms with Gasteiger partial charge >= 0.3 is 0 Å². The van der Waals surface area contributed by atoms with Gasteiger partial charge in [-0.25, -0.2) is 10.0 Å². The van der Waals surface area contributed by atoms with Crippen LogP contribution in [0.3, 0.4) is 0 Å². The maximum atomic E-state index is 12.2. The molecule has 0 radical (unpaired) electrons. The number of benzene rings is 1. The average Bonchev–Trinajstić information content (AvgIpc) is 2.59. The van der Waals surface area contributed by atoms with E-state index in [9.17, 15) is 4.79 Å². The topological polar surface area (TPSA) is 29.1 Å². The van der Waals surface area contributed by atoms with E-state index in [1.54, 1.807) is 0 Å². The van der Waals surface area contributed by atoms with E-state index in [-0.39, 0.29) is 5.91 Å². The highest BCUT2D eigenvalue weighted by Crippen LogP contribution is 2.12. The van der Waals surface area contributed by atoms with E-state index in [1.165, 1.54) is 69.8 Å². The number of nitrogens with zero attached hydrogens (tertiary/aromatic N) is 1. The molecular weight excluding hydrogens is 320 g/mol. The zero-order valence-electron chi connectivity index (χ0n) is 17.4. The van der Waals surface area contributed by atoms with Crippen LogP contribution in [-0.2, 0) is 11.3 Å². The molecular formula is C23H41N2O+. The molecule has 0 bridgehead atoms. The molecule has 0 aromatic heterocycles. The monoisotopic (exact) mass is 361 g/mol. The van der Waals surface area contributed by atoms with Crippen LogP contribution < -0.4 is 5.43 Å². The Morgan fingerprint density at radius 1 is 0.808 bits per heavy atom. The average molecular weight is 362 g/mol. The van der Waals surface area contributed by atoms with Crippen molar-refractivity contribution in [1.82, 2.24) is 5.43 Å². The molecule has 0 saturated carbocycles. The molecule has 0 unspecified atom stereocenters. The number of carbonyl (C=O) groups excluding carboxylic acids is 1. The summed E-state index contributed by atoms with van der Waals surface area (Å²) >= 11 is 0. The van der Waals surface area contributed by atoms with Gasteiger partial charge < -0.3 is 0 Å². The first-order valence-corrected chi connectivity index (χ1v) is 10.7. The van der Waals surface area contributed by atoms with Gasteiger partial charge in [0.1, 0.15) is 6.54 Å². The molecule has 3 nitrogen and oxygen atoms in total. The van der Waals surface area contributed by atoms with Crippen molar-refractivity contribution in [3.05, 3.63) is 35.9 Å². The van der Waals surface area contributed by atoms with Gasteiger partial charge in [0.2, 0.25) is 0 Å².